The highest BCUT2D eigenvalue weighted by atomic mass is 32.2. The van der Waals surface area contributed by atoms with Crippen molar-refractivity contribution in [2.75, 3.05) is 27.2 Å². The number of hydrogen-bond donors (Lipinski definition) is 0. The van der Waals surface area contributed by atoms with E-state index in [4.69, 9.17) is 5.26 Å². The summed E-state index contributed by atoms with van der Waals surface area (Å²) in [5, 5.41) is 9.07. The molecule has 0 saturated heterocycles. The van der Waals surface area contributed by atoms with E-state index in [0.717, 1.165) is 0 Å². The van der Waals surface area contributed by atoms with Crippen molar-refractivity contribution in [2.24, 2.45) is 0 Å². The second-order valence-electron chi connectivity index (χ2n) is 5.34. The lowest BCUT2D eigenvalue weighted by molar-refractivity contribution is 0.271. The summed E-state index contributed by atoms with van der Waals surface area (Å²) in [6, 6.07) is 8.77. The van der Waals surface area contributed by atoms with Gasteiger partial charge in [-0.15, -0.1) is 0 Å². The zero-order chi connectivity index (χ0) is 16.0. The molecule has 0 aliphatic heterocycles. The van der Waals surface area contributed by atoms with E-state index in [2.05, 4.69) is 0 Å². The highest BCUT2D eigenvalue weighted by Gasteiger charge is 2.27. The van der Waals surface area contributed by atoms with Gasteiger partial charge in [-0.1, -0.05) is 25.1 Å². The normalized spacial score (nSPS) is 13.4. The van der Waals surface area contributed by atoms with Crippen LogP contribution in [0.15, 0.2) is 24.3 Å². The first-order chi connectivity index (χ1) is 9.81. The molecular formula is C15H23N3O2S. The molecular weight excluding hydrogens is 286 g/mol. The molecule has 1 aromatic rings. The van der Waals surface area contributed by atoms with Crippen molar-refractivity contribution in [3.05, 3.63) is 35.4 Å². The minimum absolute atomic E-state index is 0.107. The standard InChI is InChI=1S/C15H23N3O2S/c1-5-18(13(2)11-17(3)4)21(19,20)12-15-9-7-6-8-14(15)10-16/h6-9,13H,5,11-12H2,1-4H3. The molecule has 6 heteroatoms. The molecule has 21 heavy (non-hydrogen) atoms. The Hall–Kier alpha value is -1.42. The Morgan fingerprint density at radius 2 is 1.90 bits per heavy atom. The van der Waals surface area contributed by atoms with Crippen LogP contribution in [0.2, 0.25) is 0 Å². The summed E-state index contributed by atoms with van der Waals surface area (Å²) in [5.74, 6) is -0.137. The van der Waals surface area contributed by atoms with Crippen LogP contribution in [-0.4, -0.2) is 50.8 Å². The largest absolute Gasteiger partial charge is 0.308 e. The van der Waals surface area contributed by atoms with Crippen LogP contribution >= 0.6 is 0 Å². The molecule has 5 nitrogen and oxygen atoms in total. The topological polar surface area (TPSA) is 64.4 Å². The summed E-state index contributed by atoms with van der Waals surface area (Å²) in [7, 11) is 0.390. The molecule has 0 saturated carbocycles. The number of likely N-dealkylation sites (N-methyl/N-ethyl adjacent to an activating group) is 2. The molecule has 0 aliphatic carbocycles. The third-order valence-electron chi connectivity index (χ3n) is 3.27. The van der Waals surface area contributed by atoms with Gasteiger partial charge in [0.2, 0.25) is 10.0 Å². The zero-order valence-corrected chi connectivity index (χ0v) is 13.9. The predicted octanol–water partition coefficient (Wildman–Crippen LogP) is 1.66. The predicted molar refractivity (Wildman–Crippen MR) is 84.2 cm³/mol. The average molecular weight is 309 g/mol. The second-order valence-corrected chi connectivity index (χ2v) is 7.26. The molecule has 116 valence electrons. The lowest BCUT2D eigenvalue weighted by Crippen LogP contribution is -2.44. The third-order valence-corrected chi connectivity index (χ3v) is 5.27. The van der Waals surface area contributed by atoms with Crippen molar-refractivity contribution in [1.82, 2.24) is 9.21 Å². The SMILES string of the molecule is CCN(C(C)CN(C)C)S(=O)(=O)Cc1ccccc1C#N. The summed E-state index contributed by atoms with van der Waals surface area (Å²) >= 11 is 0. The van der Waals surface area contributed by atoms with Crippen LogP contribution in [0.25, 0.3) is 0 Å². The fourth-order valence-electron chi connectivity index (χ4n) is 2.44. The second kappa shape index (κ2) is 7.55. The molecule has 1 unspecified atom stereocenters. The zero-order valence-electron chi connectivity index (χ0n) is 13.1. The molecule has 1 aromatic carbocycles. The number of hydrogen-bond acceptors (Lipinski definition) is 4. The maximum atomic E-state index is 12.6. The van der Waals surface area contributed by atoms with Crippen LogP contribution in [0.4, 0.5) is 0 Å². The first kappa shape index (κ1) is 17.6. The first-order valence-electron chi connectivity index (χ1n) is 6.94. The van der Waals surface area contributed by atoms with E-state index in [9.17, 15) is 8.42 Å². The van der Waals surface area contributed by atoms with Crippen molar-refractivity contribution in [1.29, 1.82) is 5.26 Å². The van der Waals surface area contributed by atoms with E-state index < -0.39 is 10.0 Å². The van der Waals surface area contributed by atoms with Crippen LogP contribution < -0.4 is 0 Å². The molecule has 0 bridgehead atoms. The van der Waals surface area contributed by atoms with Gasteiger partial charge in [0, 0.05) is 19.1 Å². The summed E-state index contributed by atoms with van der Waals surface area (Å²) in [6.07, 6.45) is 0. The maximum Gasteiger partial charge on any atom is 0.218 e. The summed E-state index contributed by atoms with van der Waals surface area (Å²) < 4.78 is 26.7. The van der Waals surface area contributed by atoms with Gasteiger partial charge < -0.3 is 4.90 Å². The Morgan fingerprint density at radius 1 is 1.29 bits per heavy atom. The number of benzene rings is 1. The fourth-order valence-corrected chi connectivity index (χ4v) is 4.26. The highest BCUT2D eigenvalue weighted by molar-refractivity contribution is 7.88. The van der Waals surface area contributed by atoms with Gasteiger partial charge in [-0.3, -0.25) is 0 Å². The monoisotopic (exact) mass is 309 g/mol. The smallest absolute Gasteiger partial charge is 0.218 e. The van der Waals surface area contributed by atoms with E-state index in [1.165, 1.54) is 4.31 Å². The van der Waals surface area contributed by atoms with Gasteiger partial charge in [-0.2, -0.15) is 9.57 Å². The lowest BCUT2D eigenvalue weighted by Gasteiger charge is -2.29. The van der Waals surface area contributed by atoms with Crippen LogP contribution in [0.5, 0.6) is 0 Å². The van der Waals surface area contributed by atoms with Gasteiger partial charge in [0.05, 0.1) is 17.4 Å². The van der Waals surface area contributed by atoms with Gasteiger partial charge >= 0.3 is 0 Å². The first-order valence-corrected chi connectivity index (χ1v) is 8.55. The Morgan fingerprint density at radius 3 is 2.43 bits per heavy atom. The molecule has 0 spiro atoms. The van der Waals surface area contributed by atoms with Gasteiger partial charge in [-0.05, 0) is 32.6 Å². The highest BCUT2D eigenvalue weighted by Crippen LogP contribution is 2.17. The van der Waals surface area contributed by atoms with Gasteiger partial charge in [0.1, 0.15) is 0 Å². The number of nitrogens with zero attached hydrogens (tertiary/aromatic N) is 3. The van der Waals surface area contributed by atoms with E-state index in [-0.39, 0.29) is 11.8 Å². The van der Waals surface area contributed by atoms with E-state index >= 15 is 0 Å². The van der Waals surface area contributed by atoms with Gasteiger partial charge in [0.15, 0.2) is 0 Å². The summed E-state index contributed by atoms with van der Waals surface area (Å²) in [4.78, 5) is 1.96. The average Bonchev–Trinajstić information content (AvgIpc) is 2.38. The Bertz CT molecular complexity index is 606. The molecule has 0 heterocycles. The van der Waals surface area contributed by atoms with Gasteiger partial charge in [-0.25, -0.2) is 8.42 Å². The van der Waals surface area contributed by atoms with Crippen LogP contribution in [0.1, 0.15) is 25.0 Å². The Kier molecular flexibility index (Phi) is 6.34. The molecule has 0 aliphatic rings. The molecule has 1 rings (SSSR count). The fraction of sp³-hybridized carbons (Fsp3) is 0.533. The minimum Gasteiger partial charge on any atom is -0.308 e. The van der Waals surface area contributed by atoms with Crippen LogP contribution in [0, 0.1) is 11.3 Å². The lowest BCUT2D eigenvalue weighted by atomic mass is 10.1. The van der Waals surface area contributed by atoms with Crippen molar-refractivity contribution >= 4 is 10.0 Å². The number of rotatable bonds is 7. The van der Waals surface area contributed by atoms with Crippen molar-refractivity contribution < 1.29 is 8.42 Å². The molecule has 0 radical (unpaired) electrons. The van der Waals surface area contributed by atoms with Crippen molar-refractivity contribution in [3.8, 4) is 6.07 Å². The Balaban J connectivity index is 3.01. The van der Waals surface area contributed by atoms with E-state index in [0.29, 0.717) is 24.2 Å². The van der Waals surface area contributed by atoms with Crippen molar-refractivity contribution in [3.63, 3.8) is 0 Å². The molecule has 0 amide bonds. The van der Waals surface area contributed by atoms with Crippen molar-refractivity contribution in [2.45, 2.75) is 25.6 Å². The minimum atomic E-state index is -3.45. The third kappa shape index (κ3) is 4.81. The molecule has 0 aromatic heterocycles. The molecule has 1 atom stereocenters. The summed E-state index contributed by atoms with van der Waals surface area (Å²) in [6.45, 7) is 4.82. The Labute approximate surface area is 127 Å². The molecule has 0 N–H and O–H groups in total. The quantitative estimate of drug-likeness (QED) is 0.768. The van der Waals surface area contributed by atoms with E-state index in [1.807, 2.05) is 38.9 Å². The maximum absolute atomic E-state index is 12.6. The molecule has 0 fully saturated rings. The van der Waals surface area contributed by atoms with E-state index in [1.54, 1.807) is 24.3 Å². The van der Waals surface area contributed by atoms with Crippen LogP contribution in [0.3, 0.4) is 0 Å². The van der Waals surface area contributed by atoms with Gasteiger partial charge in [0.25, 0.3) is 0 Å². The van der Waals surface area contributed by atoms with Crippen LogP contribution in [-0.2, 0) is 15.8 Å². The number of nitriles is 1. The summed E-state index contributed by atoms with van der Waals surface area (Å²) in [5.41, 5.74) is 0.966. The number of sulfonamides is 1.